The van der Waals surface area contributed by atoms with Crippen molar-refractivity contribution in [3.8, 4) is 11.3 Å². The molecule has 0 spiro atoms. The maximum atomic E-state index is 11.6. The summed E-state index contributed by atoms with van der Waals surface area (Å²) in [5, 5.41) is 9.13. The number of carboxylic acids is 1. The van der Waals surface area contributed by atoms with E-state index < -0.39 is 5.97 Å². The van der Waals surface area contributed by atoms with E-state index in [2.05, 4.69) is 9.97 Å². The van der Waals surface area contributed by atoms with Crippen molar-refractivity contribution in [2.75, 3.05) is 13.1 Å². The third-order valence-corrected chi connectivity index (χ3v) is 4.55. The Morgan fingerprint density at radius 1 is 1.32 bits per heavy atom. The molecule has 1 aliphatic heterocycles. The third-order valence-electron chi connectivity index (χ3n) is 4.55. The number of carboxylic acid groups (broad SMARTS) is 1. The zero-order valence-corrected chi connectivity index (χ0v) is 14.2. The molecule has 0 bridgehead atoms. The number of benzene rings is 1. The fourth-order valence-electron chi connectivity index (χ4n) is 3.27. The highest BCUT2D eigenvalue weighted by Gasteiger charge is 2.22. The summed E-state index contributed by atoms with van der Waals surface area (Å²) in [5.41, 5.74) is 2.51. The van der Waals surface area contributed by atoms with Crippen LogP contribution in [0.5, 0.6) is 0 Å². The van der Waals surface area contributed by atoms with Gasteiger partial charge >= 0.3 is 5.97 Å². The van der Waals surface area contributed by atoms with Crippen LogP contribution in [0.4, 0.5) is 0 Å². The fourth-order valence-corrected chi connectivity index (χ4v) is 3.27. The molecule has 0 radical (unpaired) electrons. The summed E-state index contributed by atoms with van der Waals surface area (Å²) in [4.78, 5) is 33.5. The van der Waals surface area contributed by atoms with Gasteiger partial charge in [0.2, 0.25) is 5.91 Å². The van der Waals surface area contributed by atoms with Crippen LogP contribution >= 0.6 is 0 Å². The summed E-state index contributed by atoms with van der Waals surface area (Å²) < 4.78 is 0. The summed E-state index contributed by atoms with van der Waals surface area (Å²) in [6.07, 6.45) is 6.25. The van der Waals surface area contributed by atoms with E-state index in [9.17, 15) is 9.59 Å². The van der Waals surface area contributed by atoms with Crippen molar-refractivity contribution in [2.24, 2.45) is 5.92 Å². The summed E-state index contributed by atoms with van der Waals surface area (Å²) in [5.74, 6) is -0.458. The van der Waals surface area contributed by atoms with Crippen LogP contribution in [-0.4, -0.2) is 44.9 Å². The normalized spacial score (nSPS) is 17.3. The van der Waals surface area contributed by atoms with Crippen LogP contribution in [0.25, 0.3) is 11.3 Å². The number of piperidine rings is 1. The highest BCUT2D eigenvalue weighted by atomic mass is 16.4. The Morgan fingerprint density at radius 2 is 2.16 bits per heavy atom. The molecule has 0 aliphatic carbocycles. The molecule has 1 aromatic heterocycles. The highest BCUT2D eigenvalue weighted by molar-refractivity contribution is 5.89. The van der Waals surface area contributed by atoms with Crippen LogP contribution in [0.2, 0.25) is 0 Å². The Bertz CT molecular complexity index is 791. The van der Waals surface area contributed by atoms with Gasteiger partial charge in [-0.05, 0) is 37.3 Å². The second-order valence-corrected chi connectivity index (χ2v) is 6.46. The van der Waals surface area contributed by atoms with Gasteiger partial charge in [-0.2, -0.15) is 0 Å². The summed E-state index contributed by atoms with van der Waals surface area (Å²) in [6.45, 7) is 3.20. The van der Waals surface area contributed by atoms with E-state index in [0.29, 0.717) is 11.6 Å². The fraction of sp³-hybridized carbons (Fsp3) is 0.368. The monoisotopic (exact) mass is 339 g/mol. The maximum absolute atomic E-state index is 11.6. The molecule has 1 amide bonds. The molecule has 1 saturated heterocycles. The van der Waals surface area contributed by atoms with Gasteiger partial charge in [-0.15, -0.1) is 0 Å². The Labute approximate surface area is 146 Å². The summed E-state index contributed by atoms with van der Waals surface area (Å²) in [7, 11) is 0. The molecule has 2 heterocycles. The van der Waals surface area contributed by atoms with Gasteiger partial charge in [0, 0.05) is 31.8 Å². The first-order valence-corrected chi connectivity index (χ1v) is 8.43. The van der Waals surface area contributed by atoms with Gasteiger partial charge in [-0.25, -0.2) is 9.78 Å². The molecular weight excluding hydrogens is 318 g/mol. The molecule has 1 aliphatic rings. The van der Waals surface area contributed by atoms with Crippen molar-refractivity contribution >= 4 is 11.9 Å². The van der Waals surface area contributed by atoms with Crippen LogP contribution < -0.4 is 0 Å². The SMILES string of the molecule is CC(=O)N1CCC[C@H](Cc2cncc(-c3cccc(C(=O)O)c3)n2)C1. The molecule has 1 N–H and O–H groups in total. The quantitative estimate of drug-likeness (QED) is 0.926. The number of hydrogen-bond acceptors (Lipinski definition) is 4. The standard InChI is InChI=1S/C19H21N3O3/c1-13(23)22-7-3-4-14(12-22)8-17-10-20-11-18(21-17)15-5-2-6-16(9-15)19(24)25/h2,5-6,9-11,14H,3-4,7-8,12H2,1H3,(H,24,25)/t14-/m1/s1. The van der Waals surface area contributed by atoms with Gasteiger partial charge in [0.15, 0.2) is 0 Å². The van der Waals surface area contributed by atoms with Crippen LogP contribution in [-0.2, 0) is 11.2 Å². The van der Waals surface area contributed by atoms with Crippen LogP contribution in [0.1, 0.15) is 35.8 Å². The molecular formula is C19H21N3O3. The van der Waals surface area contributed by atoms with Gasteiger partial charge < -0.3 is 10.0 Å². The molecule has 0 saturated carbocycles. The average molecular weight is 339 g/mol. The number of carbonyl (C=O) groups excluding carboxylic acids is 1. The number of carbonyl (C=O) groups is 2. The molecule has 1 atom stereocenters. The van der Waals surface area contributed by atoms with Crippen molar-refractivity contribution in [2.45, 2.75) is 26.2 Å². The van der Waals surface area contributed by atoms with Crippen LogP contribution in [0.15, 0.2) is 36.7 Å². The first-order valence-electron chi connectivity index (χ1n) is 8.43. The number of likely N-dealkylation sites (tertiary alicyclic amines) is 1. The van der Waals surface area contributed by atoms with Crippen molar-refractivity contribution in [1.29, 1.82) is 0 Å². The Kier molecular flexibility index (Phi) is 5.07. The minimum atomic E-state index is -0.961. The largest absolute Gasteiger partial charge is 0.478 e. The van der Waals surface area contributed by atoms with E-state index in [-0.39, 0.29) is 11.5 Å². The molecule has 1 aromatic carbocycles. The first-order chi connectivity index (χ1) is 12.0. The number of hydrogen-bond donors (Lipinski definition) is 1. The van der Waals surface area contributed by atoms with E-state index in [0.717, 1.165) is 43.6 Å². The van der Waals surface area contributed by atoms with E-state index in [4.69, 9.17) is 5.11 Å². The molecule has 3 rings (SSSR count). The van der Waals surface area contributed by atoms with Gasteiger partial charge in [-0.1, -0.05) is 12.1 Å². The topological polar surface area (TPSA) is 83.4 Å². The van der Waals surface area contributed by atoms with Crippen molar-refractivity contribution in [3.63, 3.8) is 0 Å². The Morgan fingerprint density at radius 3 is 2.92 bits per heavy atom. The number of aromatic carboxylic acids is 1. The van der Waals surface area contributed by atoms with Gasteiger partial charge in [-0.3, -0.25) is 9.78 Å². The second kappa shape index (κ2) is 7.42. The predicted molar refractivity (Wildman–Crippen MR) is 93.1 cm³/mol. The number of amides is 1. The smallest absolute Gasteiger partial charge is 0.335 e. The molecule has 25 heavy (non-hydrogen) atoms. The van der Waals surface area contributed by atoms with Crippen molar-refractivity contribution in [1.82, 2.24) is 14.9 Å². The number of aromatic nitrogens is 2. The van der Waals surface area contributed by atoms with Crippen LogP contribution in [0.3, 0.4) is 0 Å². The Hall–Kier alpha value is -2.76. The summed E-state index contributed by atoms with van der Waals surface area (Å²) >= 11 is 0. The lowest BCUT2D eigenvalue weighted by atomic mass is 9.93. The van der Waals surface area contributed by atoms with Gasteiger partial charge in [0.05, 0.1) is 23.1 Å². The lowest BCUT2D eigenvalue weighted by Crippen LogP contribution is -2.39. The van der Waals surface area contributed by atoms with Crippen LogP contribution in [0, 0.1) is 5.92 Å². The summed E-state index contributed by atoms with van der Waals surface area (Å²) in [6, 6.07) is 6.70. The van der Waals surface area contributed by atoms with Crippen molar-refractivity contribution < 1.29 is 14.7 Å². The first kappa shape index (κ1) is 17.1. The zero-order valence-electron chi connectivity index (χ0n) is 14.2. The minimum absolute atomic E-state index is 0.120. The lowest BCUT2D eigenvalue weighted by Gasteiger charge is -2.31. The second-order valence-electron chi connectivity index (χ2n) is 6.46. The van der Waals surface area contributed by atoms with Crippen molar-refractivity contribution in [3.05, 3.63) is 47.9 Å². The van der Waals surface area contributed by atoms with E-state index in [1.165, 1.54) is 0 Å². The lowest BCUT2D eigenvalue weighted by molar-refractivity contribution is -0.130. The predicted octanol–water partition coefficient (Wildman–Crippen LogP) is 2.64. The zero-order chi connectivity index (χ0) is 17.8. The van der Waals surface area contributed by atoms with Gasteiger partial charge in [0.1, 0.15) is 0 Å². The molecule has 6 heteroatoms. The number of nitrogens with zero attached hydrogens (tertiary/aromatic N) is 3. The highest BCUT2D eigenvalue weighted by Crippen LogP contribution is 2.22. The van der Waals surface area contributed by atoms with E-state index >= 15 is 0 Å². The molecule has 6 nitrogen and oxygen atoms in total. The molecule has 0 unspecified atom stereocenters. The average Bonchev–Trinajstić information content (AvgIpc) is 2.62. The number of rotatable bonds is 4. The van der Waals surface area contributed by atoms with E-state index in [1.54, 1.807) is 37.5 Å². The molecule has 1 fully saturated rings. The van der Waals surface area contributed by atoms with Gasteiger partial charge in [0.25, 0.3) is 0 Å². The maximum Gasteiger partial charge on any atom is 0.335 e. The minimum Gasteiger partial charge on any atom is -0.478 e. The Balaban J connectivity index is 1.77. The third kappa shape index (κ3) is 4.21. The molecule has 130 valence electrons. The molecule has 2 aromatic rings. The van der Waals surface area contributed by atoms with E-state index in [1.807, 2.05) is 11.0 Å².